The van der Waals surface area contributed by atoms with Gasteiger partial charge in [-0.3, -0.25) is 15.1 Å². The molecule has 0 saturated carbocycles. The maximum absolute atomic E-state index is 11.4. The quantitative estimate of drug-likeness (QED) is 0.401. The van der Waals surface area contributed by atoms with Crippen molar-refractivity contribution in [1.82, 2.24) is 10.3 Å². The molecule has 0 fully saturated rings. The normalized spacial score (nSPS) is 10.4. The topological polar surface area (TPSA) is 94.4 Å². The van der Waals surface area contributed by atoms with Crippen molar-refractivity contribution in [2.75, 3.05) is 6.54 Å². The number of alkyl carbamates (subject to hydrolysis) is 1. The molecule has 0 radical (unpaired) electrons. The number of hydrogen-bond donors (Lipinski definition) is 1. The highest BCUT2D eigenvalue weighted by molar-refractivity contribution is 5.67. The van der Waals surface area contributed by atoms with E-state index in [0.717, 1.165) is 0 Å². The summed E-state index contributed by atoms with van der Waals surface area (Å²) in [5.74, 6) is 5.60. The number of nitrogens with zero attached hydrogens (tertiary/aromatic N) is 2. The van der Waals surface area contributed by atoms with Gasteiger partial charge in [-0.25, -0.2) is 4.79 Å². The Morgan fingerprint density at radius 2 is 2.18 bits per heavy atom. The van der Waals surface area contributed by atoms with Crippen LogP contribution in [0.15, 0.2) is 12.3 Å². The van der Waals surface area contributed by atoms with Gasteiger partial charge in [-0.1, -0.05) is 11.8 Å². The molecule has 7 nitrogen and oxygen atoms in total. The molecule has 0 aromatic carbocycles. The second-order valence-corrected chi connectivity index (χ2v) is 5.57. The SMILES string of the molecule is Cc1ncc(C#CCCNC(=O)OC(C)(C)C)cc1[N+](=O)[O-]. The lowest BCUT2D eigenvalue weighted by molar-refractivity contribution is -0.385. The minimum atomic E-state index is -0.539. The van der Waals surface area contributed by atoms with Crippen LogP contribution in [0.1, 0.15) is 38.4 Å². The van der Waals surface area contributed by atoms with Crippen LogP contribution in [-0.4, -0.2) is 28.1 Å². The number of nitro groups is 1. The third-order valence-corrected chi connectivity index (χ3v) is 2.41. The van der Waals surface area contributed by atoms with Gasteiger partial charge in [0.1, 0.15) is 11.3 Å². The van der Waals surface area contributed by atoms with Crippen molar-refractivity contribution >= 4 is 11.8 Å². The molecule has 7 heteroatoms. The van der Waals surface area contributed by atoms with E-state index in [1.165, 1.54) is 12.3 Å². The molecule has 0 aliphatic carbocycles. The Kier molecular flexibility index (Phi) is 5.87. The van der Waals surface area contributed by atoms with E-state index in [0.29, 0.717) is 24.2 Å². The summed E-state index contributed by atoms with van der Waals surface area (Å²) in [6.45, 7) is 7.25. The molecule has 118 valence electrons. The first-order valence-electron chi connectivity index (χ1n) is 6.76. The minimum Gasteiger partial charge on any atom is -0.444 e. The van der Waals surface area contributed by atoms with E-state index in [-0.39, 0.29) is 5.69 Å². The summed E-state index contributed by atoms with van der Waals surface area (Å²) < 4.78 is 5.07. The summed E-state index contributed by atoms with van der Waals surface area (Å²) in [7, 11) is 0. The maximum Gasteiger partial charge on any atom is 0.407 e. The summed E-state index contributed by atoms with van der Waals surface area (Å²) >= 11 is 0. The Hall–Kier alpha value is -2.62. The third kappa shape index (κ3) is 6.22. The fourth-order valence-electron chi connectivity index (χ4n) is 1.48. The fourth-order valence-corrected chi connectivity index (χ4v) is 1.48. The number of ether oxygens (including phenoxy) is 1. The number of pyridine rings is 1. The predicted octanol–water partition coefficient (Wildman–Crippen LogP) is 2.56. The first-order valence-corrected chi connectivity index (χ1v) is 6.76. The Morgan fingerprint density at radius 1 is 1.50 bits per heavy atom. The van der Waals surface area contributed by atoms with E-state index >= 15 is 0 Å². The van der Waals surface area contributed by atoms with Crippen LogP contribution in [0.4, 0.5) is 10.5 Å². The van der Waals surface area contributed by atoms with Gasteiger partial charge in [-0.15, -0.1) is 0 Å². The first kappa shape index (κ1) is 17.4. The van der Waals surface area contributed by atoms with Crippen LogP contribution in [-0.2, 0) is 4.74 Å². The number of aromatic nitrogens is 1. The summed E-state index contributed by atoms with van der Waals surface area (Å²) in [5, 5.41) is 13.4. The van der Waals surface area contributed by atoms with Crippen LogP contribution in [0.5, 0.6) is 0 Å². The summed E-state index contributed by atoms with van der Waals surface area (Å²) in [4.78, 5) is 25.6. The number of amides is 1. The molecule has 22 heavy (non-hydrogen) atoms. The molecule has 1 amide bonds. The number of rotatable bonds is 3. The standard InChI is InChI=1S/C15H19N3O4/c1-11-13(18(20)21)9-12(10-17-11)7-5-6-8-16-14(19)22-15(2,3)4/h9-10H,6,8H2,1-4H3,(H,16,19). The average molecular weight is 305 g/mol. The molecular weight excluding hydrogens is 286 g/mol. The van der Waals surface area contributed by atoms with Gasteiger partial charge in [0, 0.05) is 30.8 Å². The molecule has 0 aliphatic heterocycles. The highest BCUT2D eigenvalue weighted by atomic mass is 16.6. The molecule has 0 atom stereocenters. The Balaban J connectivity index is 2.50. The lowest BCUT2D eigenvalue weighted by Crippen LogP contribution is -2.32. The van der Waals surface area contributed by atoms with E-state index in [2.05, 4.69) is 22.1 Å². The monoisotopic (exact) mass is 305 g/mol. The van der Waals surface area contributed by atoms with Gasteiger partial charge >= 0.3 is 6.09 Å². The number of carbonyl (C=O) groups excluding carboxylic acids is 1. The van der Waals surface area contributed by atoms with Gasteiger partial charge < -0.3 is 10.1 Å². The van der Waals surface area contributed by atoms with Crippen LogP contribution in [0.25, 0.3) is 0 Å². The largest absolute Gasteiger partial charge is 0.444 e. The van der Waals surface area contributed by atoms with Gasteiger partial charge in [0.25, 0.3) is 5.69 Å². The van der Waals surface area contributed by atoms with E-state index in [4.69, 9.17) is 4.74 Å². The molecule has 1 aromatic rings. The van der Waals surface area contributed by atoms with Crippen molar-refractivity contribution in [2.45, 2.75) is 39.7 Å². The second kappa shape index (κ2) is 7.41. The highest BCUT2D eigenvalue weighted by Crippen LogP contribution is 2.15. The lowest BCUT2D eigenvalue weighted by Gasteiger charge is -2.19. The number of carbonyl (C=O) groups is 1. The van der Waals surface area contributed by atoms with E-state index in [1.807, 2.05) is 0 Å². The van der Waals surface area contributed by atoms with E-state index in [9.17, 15) is 14.9 Å². The van der Waals surface area contributed by atoms with Gasteiger partial charge in [-0.05, 0) is 27.7 Å². The smallest absolute Gasteiger partial charge is 0.407 e. The molecule has 1 aromatic heterocycles. The van der Waals surface area contributed by atoms with Crippen LogP contribution in [0.2, 0.25) is 0 Å². The zero-order valence-electron chi connectivity index (χ0n) is 13.1. The lowest BCUT2D eigenvalue weighted by atomic mass is 10.2. The maximum atomic E-state index is 11.4. The van der Waals surface area contributed by atoms with Crippen LogP contribution >= 0.6 is 0 Å². The molecule has 1 rings (SSSR count). The molecule has 0 saturated heterocycles. The fraction of sp³-hybridized carbons (Fsp3) is 0.467. The van der Waals surface area contributed by atoms with Crippen molar-refractivity contribution in [2.24, 2.45) is 0 Å². The van der Waals surface area contributed by atoms with Crippen LogP contribution < -0.4 is 5.32 Å². The third-order valence-electron chi connectivity index (χ3n) is 2.41. The van der Waals surface area contributed by atoms with Crippen LogP contribution in [0.3, 0.4) is 0 Å². The van der Waals surface area contributed by atoms with Crippen molar-refractivity contribution in [3.05, 3.63) is 33.6 Å². The molecule has 0 bridgehead atoms. The highest BCUT2D eigenvalue weighted by Gasteiger charge is 2.15. The number of nitrogens with one attached hydrogen (secondary N) is 1. The summed E-state index contributed by atoms with van der Waals surface area (Å²) in [6, 6.07) is 1.39. The van der Waals surface area contributed by atoms with Crippen LogP contribution in [0, 0.1) is 28.9 Å². The number of aryl methyl sites for hydroxylation is 1. The zero-order valence-corrected chi connectivity index (χ0v) is 13.1. The predicted molar refractivity (Wildman–Crippen MR) is 81.4 cm³/mol. The summed E-state index contributed by atoms with van der Waals surface area (Å²) in [5.41, 5.74) is 0.220. The van der Waals surface area contributed by atoms with E-state index in [1.54, 1.807) is 27.7 Å². The van der Waals surface area contributed by atoms with Gasteiger partial charge in [0.15, 0.2) is 0 Å². The van der Waals surface area contributed by atoms with Crippen molar-refractivity contribution in [3.8, 4) is 11.8 Å². The number of hydrogen-bond acceptors (Lipinski definition) is 5. The Morgan fingerprint density at radius 3 is 2.77 bits per heavy atom. The molecule has 1 heterocycles. The van der Waals surface area contributed by atoms with Gasteiger partial charge in [-0.2, -0.15) is 0 Å². The molecule has 0 unspecified atom stereocenters. The van der Waals surface area contributed by atoms with E-state index < -0.39 is 16.6 Å². The van der Waals surface area contributed by atoms with Gasteiger partial charge in [0.05, 0.1) is 4.92 Å². The van der Waals surface area contributed by atoms with Crippen molar-refractivity contribution in [1.29, 1.82) is 0 Å². The van der Waals surface area contributed by atoms with Gasteiger partial charge in [0.2, 0.25) is 0 Å². The minimum absolute atomic E-state index is 0.0568. The molecule has 0 spiro atoms. The summed E-state index contributed by atoms with van der Waals surface area (Å²) in [6.07, 6.45) is 1.39. The Labute approximate surface area is 129 Å². The Bertz CT molecular complexity index is 624. The molecular formula is C15H19N3O4. The average Bonchev–Trinajstić information content (AvgIpc) is 2.37. The molecule has 1 N–H and O–H groups in total. The molecule has 0 aliphatic rings. The second-order valence-electron chi connectivity index (χ2n) is 5.57. The first-order chi connectivity index (χ1) is 10.2. The van der Waals surface area contributed by atoms with Crippen molar-refractivity contribution in [3.63, 3.8) is 0 Å². The zero-order chi connectivity index (χ0) is 16.8. The van der Waals surface area contributed by atoms with Crippen molar-refractivity contribution < 1.29 is 14.5 Å².